The summed E-state index contributed by atoms with van der Waals surface area (Å²) in [6.45, 7) is 5.28. The fourth-order valence-corrected chi connectivity index (χ4v) is 2.91. The van der Waals surface area contributed by atoms with Crippen molar-refractivity contribution >= 4 is 52.1 Å². The van der Waals surface area contributed by atoms with Gasteiger partial charge in [0.25, 0.3) is 0 Å². The normalized spacial score (nSPS) is 11.2. The molecule has 2 radical (unpaired) electrons. The summed E-state index contributed by atoms with van der Waals surface area (Å²) >= 11 is 1.16. The molecule has 0 aliphatic rings. The highest BCUT2D eigenvalue weighted by molar-refractivity contribution is 7.22. The number of fused-ring (bicyclic) bond motifs is 1. The number of rotatable bonds is 3. The van der Waals surface area contributed by atoms with Crippen LogP contribution in [0.1, 0.15) is 31.1 Å². The van der Waals surface area contributed by atoms with Gasteiger partial charge in [0.15, 0.2) is 5.13 Å². The number of ether oxygens (including phenoxy) is 3. The second-order valence-electron chi connectivity index (χ2n) is 5.86. The number of amides is 1. The van der Waals surface area contributed by atoms with Crippen LogP contribution >= 0.6 is 11.3 Å². The van der Waals surface area contributed by atoms with Gasteiger partial charge in [-0.25, -0.2) is 14.6 Å². The molecular formula is C15H17BN2O5S. The Morgan fingerprint density at radius 1 is 1.29 bits per heavy atom. The van der Waals surface area contributed by atoms with Gasteiger partial charge in [0.2, 0.25) is 0 Å². The Morgan fingerprint density at radius 3 is 2.50 bits per heavy atom. The average molecular weight is 348 g/mol. The topological polar surface area (TPSA) is 86.8 Å². The molecule has 2 rings (SSSR count). The van der Waals surface area contributed by atoms with Crippen LogP contribution < -0.4 is 15.5 Å². The third kappa shape index (κ3) is 3.78. The SMILES string of the molecule is [B]c1c(OC)c(C(=O)OC)cc2sc(NC(=O)OC(C)(C)C)nc12. The summed E-state index contributed by atoms with van der Waals surface area (Å²) in [6.07, 6.45) is -0.625. The lowest BCUT2D eigenvalue weighted by atomic mass is 9.91. The molecule has 126 valence electrons. The smallest absolute Gasteiger partial charge is 0.413 e. The Morgan fingerprint density at radius 2 is 1.96 bits per heavy atom. The minimum absolute atomic E-state index is 0.184. The fourth-order valence-electron chi connectivity index (χ4n) is 2.00. The first-order valence-corrected chi connectivity index (χ1v) is 7.83. The lowest BCUT2D eigenvalue weighted by Crippen LogP contribution is -2.27. The third-order valence-corrected chi connectivity index (χ3v) is 3.81. The van der Waals surface area contributed by atoms with E-state index in [2.05, 4.69) is 10.3 Å². The van der Waals surface area contributed by atoms with E-state index in [4.69, 9.17) is 22.1 Å². The van der Waals surface area contributed by atoms with Gasteiger partial charge in [-0.2, -0.15) is 0 Å². The number of nitrogens with one attached hydrogen (secondary N) is 1. The summed E-state index contributed by atoms with van der Waals surface area (Å²) in [5, 5.41) is 2.85. The number of carbonyl (C=O) groups excluding carboxylic acids is 2. The van der Waals surface area contributed by atoms with E-state index in [-0.39, 0.29) is 16.8 Å². The molecule has 2 aromatic rings. The molecule has 0 saturated carbocycles. The Labute approximate surface area is 144 Å². The van der Waals surface area contributed by atoms with E-state index in [1.54, 1.807) is 26.8 Å². The van der Waals surface area contributed by atoms with E-state index >= 15 is 0 Å². The first-order valence-electron chi connectivity index (χ1n) is 7.01. The lowest BCUT2D eigenvalue weighted by Gasteiger charge is -2.18. The van der Waals surface area contributed by atoms with Crippen molar-refractivity contribution in [3.8, 4) is 5.75 Å². The molecule has 0 unspecified atom stereocenters. The Balaban J connectivity index is 2.42. The number of thiazole rings is 1. The van der Waals surface area contributed by atoms with Crippen molar-refractivity contribution in [2.24, 2.45) is 0 Å². The molecule has 1 heterocycles. The van der Waals surface area contributed by atoms with Crippen LogP contribution in [0.15, 0.2) is 6.07 Å². The molecule has 1 aromatic heterocycles. The summed E-state index contributed by atoms with van der Waals surface area (Å²) in [6, 6.07) is 1.56. The highest BCUT2D eigenvalue weighted by atomic mass is 32.1. The standard InChI is InChI=1S/C15H17BN2O5S/c1-15(2,3)23-14(20)18-13-17-10-8(24-13)6-7(12(19)22-5)11(21-4)9(10)16/h6H,1-5H3,(H,17,18,20). The molecule has 1 amide bonds. The van der Waals surface area contributed by atoms with E-state index < -0.39 is 17.7 Å². The second kappa shape index (κ2) is 6.68. The van der Waals surface area contributed by atoms with E-state index in [9.17, 15) is 9.59 Å². The molecule has 7 nitrogen and oxygen atoms in total. The molecule has 0 fully saturated rings. The quantitative estimate of drug-likeness (QED) is 0.676. The van der Waals surface area contributed by atoms with Crippen LogP contribution in [0.2, 0.25) is 0 Å². The van der Waals surface area contributed by atoms with Crippen LogP contribution in [0, 0.1) is 0 Å². The van der Waals surface area contributed by atoms with Crippen molar-refractivity contribution in [1.82, 2.24) is 4.98 Å². The minimum Gasteiger partial charge on any atom is -0.496 e. The van der Waals surface area contributed by atoms with Gasteiger partial charge in [-0.3, -0.25) is 5.32 Å². The van der Waals surface area contributed by atoms with Crippen LogP contribution in [0.4, 0.5) is 9.93 Å². The zero-order chi connectivity index (χ0) is 18.1. The molecule has 1 aromatic carbocycles. The fraction of sp³-hybridized carbons (Fsp3) is 0.400. The van der Waals surface area contributed by atoms with Gasteiger partial charge in [0, 0.05) is 0 Å². The second-order valence-corrected chi connectivity index (χ2v) is 6.89. The zero-order valence-corrected chi connectivity index (χ0v) is 14.9. The molecule has 0 aliphatic heterocycles. The maximum absolute atomic E-state index is 11.9. The Kier molecular flexibility index (Phi) is 5.03. The number of hydrogen-bond donors (Lipinski definition) is 1. The van der Waals surface area contributed by atoms with Crippen LogP contribution in [0.25, 0.3) is 10.2 Å². The van der Waals surface area contributed by atoms with E-state index in [0.29, 0.717) is 15.3 Å². The molecule has 0 bridgehead atoms. The third-order valence-electron chi connectivity index (χ3n) is 2.89. The maximum Gasteiger partial charge on any atom is 0.413 e. The van der Waals surface area contributed by atoms with E-state index in [1.807, 2.05) is 0 Å². The average Bonchev–Trinajstić information content (AvgIpc) is 2.86. The van der Waals surface area contributed by atoms with Gasteiger partial charge in [-0.15, -0.1) is 0 Å². The first-order chi connectivity index (χ1) is 11.2. The van der Waals surface area contributed by atoms with Gasteiger partial charge in [0.1, 0.15) is 24.8 Å². The highest BCUT2D eigenvalue weighted by Gasteiger charge is 2.21. The Hall–Kier alpha value is -2.29. The van der Waals surface area contributed by atoms with Gasteiger partial charge in [0.05, 0.1) is 24.4 Å². The summed E-state index contributed by atoms with van der Waals surface area (Å²) in [5.74, 6) is -0.390. The van der Waals surface area contributed by atoms with E-state index in [1.165, 1.54) is 14.2 Å². The molecule has 0 spiro atoms. The van der Waals surface area contributed by atoms with Crippen molar-refractivity contribution in [3.63, 3.8) is 0 Å². The summed E-state index contributed by atoms with van der Waals surface area (Å²) < 4.78 is 15.7. The van der Waals surface area contributed by atoms with Gasteiger partial charge in [-0.05, 0) is 32.3 Å². The van der Waals surface area contributed by atoms with Gasteiger partial charge < -0.3 is 14.2 Å². The monoisotopic (exact) mass is 348 g/mol. The number of anilines is 1. The van der Waals surface area contributed by atoms with Crippen molar-refractivity contribution in [3.05, 3.63) is 11.6 Å². The van der Waals surface area contributed by atoms with Crippen molar-refractivity contribution in [2.75, 3.05) is 19.5 Å². The summed E-state index contributed by atoms with van der Waals surface area (Å²) in [4.78, 5) is 28.0. The van der Waals surface area contributed by atoms with E-state index in [0.717, 1.165) is 11.3 Å². The predicted octanol–water partition coefficient (Wildman–Crippen LogP) is 2.23. The van der Waals surface area contributed by atoms with Gasteiger partial charge in [-0.1, -0.05) is 11.3 Å². The van der Waals surface area contributed by atoms with Crippen LogP contribution in [-0.2, 0) is 9.47 Å². The van der Waals surface area contributed by atoms with Crippen molar-refractivity contribution < 1.29 is 23.8 Å². The van der Waals surface area contributed by atoms with Gasteiger partial charge >= 0.3 is 12.1 Å². The maximum atomic E-state index is 11.9. The predicted molar refractivity (Wildman–Crippen MR) is 92.8 cm³/mol. The van der Waals surface area contributed by atoms with Crippen LogP contribution in [0.5, 0.6) is 5.75 Å². The van der Waals surface area contributed by atoms with Crippen LogP contribution in [0.3, 0.4) is 0 Å². The zero-order valence-electron chi connectivity index (χ0n) is 14.1. The summed E-state index contributed by atoms with van der Waals surface area (Å²) in [7, 11) is 8.70. The molecule has 0 saturated heterocycles. The number of esters is 1. The number of methoxy groups -OCH3 is 2. The number of hydrogen-bond acceptors (Lipinski definition) is 7. The molecule has 0 atom stereocenters. The largest absolute Gasteiger partial charge is 0.496 e. The summed E-state index contributed by atoms with van der Waals surface area (Å²) in [5.41, 5.74) is 0.193. The van der Waals surface area contributed by atoms with Crippen LogP contribution in [-0.4, -0.2) is 44.7 Å². The molecule has 24 heavy (non-hydrogen) atoms. The molecule has 0 aliphatic carbocycles. The first kappa shape index (κ1) is 18.1. The molecular weight excluding hydrogens is 331 g/mol. The minimum atomic E-state index is -0.625. The highest BCUT2D eigenvalue weighted by Crippen LogP contribution is 2.30. The Bertz CT molecular complexity index is 797. The number of nitrogens with zero attached hydrogens (tertiary/aromatic N) is 1. The lowest BCUT2D eigenvalue weighted by molar-refractivity contribution is 0.0595. The number of aromatic nitrogens is 1. The van der Waals surface area contributed by atoms with Crippen molar-refractivity contribution in [1.29, 1.82) is 0 Å². The van der Waals surface area contributed by atoms with Crippen molar-refractivity contribution in [2.45, 2.75) is 26.4 Å². The molecule has 1 N–H and O–H groups in total. The molecule has 9 heteroatoms. The number of benzene rings is 1. The number of carbonyl (C=O) groups is 2.